The molecule has 0 aromatic carbocycles. The highest BCUT2D eigenvalue weighted by Gasteiger charge is 2.18. The summed E-state index contributed by atoms with van der Waals surface area (Å²) in [5.41, 5.74) is 0.190. The van der Waals surface area contributed by atoms with E-state index in [2.05, 4.69) is 5.10 Å². The number of aromatic amines is 1. The van der Waals surface area contributed by atoms with Crippen LogP contribution in [0.15, 0.2) is 10.9 Å². The predicted molar refractivity (Wildman–Crippen MR) is 48.9 cm³/mol. The molecule has 2 heterocycles. The largest absolute Gasteiger partial charge is 0.381 e. The molecular weight excluding hydrogens is 182 g/mol. The Kier molecular flexibility index (Phi) is 2.37. The maximum atomic E-state index is 11.4. The molecule has 1 aromatic heterocycles. The fraction of sp³-hybridized carbons (Fsp3) is 0.556. The summed E-state index contributed by atoms with van der Waals surface area (Å²) in [6.45, 7) is 1.36. The van der Waals surface area contributed by atoms with Crippen molar-refractivity contribution in [3.8, 4) is 6.07 Å². The van der Waals surface area contributed by atoms with Gasteiger partial charge in [-0.15, -0.1) is 0 Å². The third kappa shape index (κ3) is 1.56. The third-order valence-electron chi connectivity index (χ3n) is 2.42. The zero-order valence-corrected chi connectivity index (χ0v) is 7.69. The highest BCUT2D eigenvalue weighted by molar-refractivity contribution is 5.17. The van der Waals surface area contributed by atoms with Crippen LogP contribution in [0.25, 0.3) is 0 Å². The second-order valence-corrected chi connectivity index (χ2v) is 3.33. The van der Waals surface area contributed by atoms with Crippen molar-refractivity contribution in [2.45, 2.75) is 18.9 Å². The first-order chi connectivity index (χ1) is 6.81. The van der Waals surface area contributed by atoms with Gasteiger partial charge in [-0.05, 0) is 12.8 Å². The molecule has 1 aliphatic heterocycles. The normalized spacial score (nSPS) is 17.9. The number of nitrogens with one attached hydrogen (secondary N) is 1. The highest BCUT2D eigenvalue weighted by atomic mass is 16.5. The topological polar surface area (TPSA) is 70.8 Å². The average molecular weight is 193 g/mol. The molecule has 0 bridgehead atoms. The fourth-order valence-electron chi connectivity index (χ4n) is 1.68. The van der Waals surface area contributed by atoms with Gasteiger partial charge in [0.25, 0.3) is 5.56 Å². The summed E-state index contributed by atoms with van der Waals surface area (Å²) in [6.07, 6.45) is 1.65. The van der Waals surface area contributed by atoms with Gasteiger partial charge in [0, 0.05) is 19.3 Å². The number of hydrogen-bond donors (Lipinski definition) is 1. The lowest BCUT2D eigenvalue weighted by Gasteiger charge is -2.22. The van der Waals surface area contributed by atoms with E-state index in [0.717, 1.165) is 12.8 Å². The van der Waals surface area contributed by atoms with Crippen molar-refractivity contribution in [2.75, 3.05) is 13.2 Å². The van der Waals surface area contributed by atoms with Crippen LogP contribution in [0.3, 0.4) is 0 Å². The Hall–Kier alpha value is -1.54. The van der Waals surface area contributed by atoms with Crippen molar-refractivity contribution in [1.82, 2.24) is 9.78 Å². The van der Waals surface area contributed by atoms with Gasteiger partial charge in [-0.3, -0.25) is 9.89 Å². The van der Waals surface area contributed by atoms with Gasteiger partial charge in [-0.25, -0.2) is 4.68 Å². The first-order valence-electron chi connectivity index (χ1n) is 4.60. The molecule has 0 aliphatic carbocycles. The third-order valence-corrected chi connectivity index (χ3v) is 2.42. The van der Waals surface area contributed by atoms with Crippen LogP contribution in [0.4, 0.5) is 0 Å². The Morgan fingerprint density at radius 2 is 2.29 bits per heavy atom. The molecule has 1 N–H and O–H groups in total. The van der Waals surface area contributed by atoms with E-state index in [1.807, 2.05) is 6.07 Å². The summed E-state index contributed by atoms with van der Waals surface area (Å²) in [7, 11) is 0. The van der Waals surface area contributed by atoms with Gasteiger partial charge in [0.15, 0.2) is 0 Å². The zero-order valence-electron chi connectivity index (χ0n) is 7.69. The second-order valence-electron chi connectivity index (χ2n) is 3.33. The van der Waals surface area contributed by atoms with Gasteiger partial charge in [-0.1, -0.05) is 0 Å². The van der Waals surface area contributed by atoms with Crippen molar-refractivity contribution in [1.29, 1.82) is 5.26 Å². The zero-order chi connectivity index (χ0) is 9.97. The number of nitrogens with zero attached hydrogens (tertiary/aromatic N) is 2. The van der Waals surface area contributed by atoms with E-state index in [1.54, 1.807) is 0 Å². The number of aromatic nitrogens is 2. The van der Waals surface area contributed by atoms with Gasteiger partial charge in [0.2, 0.25) is 0 Å². The van der Waals surface area contributed by atoms with E-state index in [0.29, 0.717) is 18.9 Å². The summed E-state index contributed by atoms with van der Waals surface area (Å²) in [5, 5.41) is 11.4. The number of H-pyrrole nitrogens is 1. The lowest BCUT2D eigenvalue weighted by molar-refractivity contribution is 0.0653. The number of hydrogen-bond acceptors (Lipinski definition) is 3. The molecule has 5 nitrogen and oxygen atoms in total. The van der Waals surface area contributed by atoms with Crippen molar-refractivity contribution in [3.05, 3.63) is 22.1 Å². The second kappa shape index (κ2) is 3.68. The van der Waals surface area contributed by atoms with E-state index >= 15 is 0 Å². The maximum absolute atomic E-state index is 11.4. The van der Waals surface area contributed by atoms with Crippen LogP contribution >= 0.6 is 0 Å². The van der Waals surface area contributed by atoms with Crippen LogP contribution in [0, 0.1) is 11.3 Å². The number of rotatable bonds is 1. The first-order valence-corrected chi connectivity index (χ1v) is 4.60. The lowest BCUT2D eigenvalue weighted by Crippen LogP contribution is -2.27. The monoisotopic (exact) mass is 193 g/mol. The molecule has 14 heavy (non-hydrogen) atoms. The Morgan fingerprint density at radius 1 is 1.57 bits per heavy atom. The van der Waals surface area contributed by atoms with Gasteiger partial charge in [-0.2, -0.15) is 5.26 Å². The van der Waals surface area contributed by atoms with E-state index in [1.165, 1.54) is 10.7 Å². The number of ether oxygens (including phenoxy) is 1. The van der Waals surface area contributed by atoms with E-state index in [9.17, 15) is 4.79 Å². The molecule has 2 rings (SSSR count). The Balaban J connectivity index is 2.27. The first kappa shape index (κ1) is 9.03. The molecule has 0 radical (unpaired) electrons. The Labute approximate surface area is 80.9 Å². The van der Waals surface area contributed by atoms with E-state index < -0.39 is 0 Å². The SMILES string of the molecule is N#Cc1cc(=O)n(C2CCOCC2)[nH]1. The Bertz CT molecular complexity index is 406. The minimum absolute atomic E-state index is 0.131. The van der Waals surface area contributed by atoms with Crippen LogP contribution in [-0.2, 0) is 4.74 Å². The van der Waals surface area contributed by atoms with Gasteiger partial charge >= 0.3 is 0 Å². The quantitative estimate of drug-likeness (QED) is 0.701. The van der Waals surface area contributed by atoms with Crippen LogP contribution in [0.1, 0.15) is 24.6 Å². The molecule has 0 amide bonds. The summed E-state index contributed by atoms with van der Waals surface area (Å²) in [4.78, 5) is 11.4. The van der Waals surface area contributed by atoms with Crippen molar-refractivity contribution in [3.63, 3.8) is 0 Å². The average Bonchev–Trinajstić information content (AvgIpc) is 2.61. The minimum Gasteiger partial charge on any atom is -0.381 e. The Morgan fingerprint density at radius 3 is 2.86 bits per heavy atom. The molecule has 1 fully saturated rings. The predicted octanol–water partition coefficient (Wildman–Crippen LogP) is 0.400. The van der Waals surface area contributed by atoms with Crippen LogP contribution in [0.2, 0.25) is 0 Å². The molecule has 0 unspecified atom stereocenters. The molecule has 74 valence electrons. The molecule has 1 saturated heterocycles. The minimum atomic E-state index is -0.131. The highest BCUT2D eigenvalue weighted by Crippen LogP contribution is 2.17. The maximum Gasteiger partial charge on any atom is 0.268 e. The standard InChI is InChI=1S/C9H11N3O2/c10-6-7-5-9(13)12(11-7)8-1-3-14-4-2-8/h5,8,11H,1-4H2. The van der Waals surface area contributed by atoms with Crippen molar-refractivity contribution >= 4 is 0 Å². The van der Waals surface area contributed by atoms with Crippen LogP contribution in [-0.4, -0.2) is 23.0 Å². The van der Waals surface area contributed by atoms with Crippen molar-refractivity contribution < 1.29 is 4.74 Å². The fourth-order valence-corrected chi connectivity index (χ4v) is 1.68. The van der Waals surface area contributed by atoms with Crippen molar-refractivity contribution in [2.24, 2.45) is 0 Å². The van der Waals surface area contributed by atoms with Gasteiger partial charge in [0.1, 0.15) is 11.8 Å². The molecule has 5 heteroatoms. The van der Waals surface area contributed by atoms with Gasteiger partial charge in [0.05, 0.1) is 6.04 Å². The van der Waals surface area contributed by atoms with Crippen LogP contribution in [0.5, 0.6) is 0 Å². The summed E-state index contributed by atoms with van der Waals surface area (Å²) in [5.74, 6) is 0. The summed E-state index contributed by atoms with van der Waals surface area (Å²) in [6, 6.07) is 3.40. The number of nitriles is 1. The van der Waals surface area contributed by atoms with E-state index in [4.69, 9.17) is 10.00 Å². The lowest BCUT2D eigenvalue weighted by atomic mass is 10.1. The summed E-state index contributed by atoms with van der Waals surface area (Å²) < 4.78 is 6.73. The molecule has 1 aromatic rings. The molecule has 0 spiro atoms. The van der Waals surface area contributed by atoms with E-state index in [-0.39, 0.29) is 11.6 Å². The molecule has 0 saturated carbocycles. The van der Waals surface area contributed by atoms with Crippen LogP contribution < -0.4 is 5.56 Å². The summed E-state index contributed by atoms with van der Waals surface area (Å²) >= 11 is 0. The molecule has 0 atom stereocenters. The molecular formula is C9H11N3O2. The van der Waals surface area contributed by atoms with Gasteiger partial charge < -0.3 is 4.74 Å². The smallest absolute Gasteiger partial charge is 0.268 e. The molecule has 1 aliphatic rings.